The molecular formula is C32H22N2O. The highest BCUT2D eigenvalue weighted by Gasteiger charge is 2.24. The molecule has 0 unspecified atom stereocenters. The molecule has 0 saturated heterocycles. The van der Waals surface area contributed by atoms with E-state index in [1.165, 1.54) is 27.1 Å². The fourth-order valence-corrected chi connectivity index (χ4v) is 5.41. The van der Waals surface area contributed by atoms with Crippen LogP contribution in [0.1, 0.15) is 16.7 Å². The largest absolute Gasteiger partial charge is 0.342 e. The molecule has 6 aromatic rings. The van der Waals surface area contributed by atoms with Gasteiger partial charge in [0.15, 0.2) is 0 Å². The van der Waals surface area contributed by atoms with Crippen LogP contribution in [0.2, 0.25) is 0 Å². The van der Waals surface area contributed by atoms with Crippen LogP contribution in [0.5, 0.6) is 0 Å². The minimum Gasteiger partial charge on any atom is -0.342 e. The maximum Gasteiger partial charge on any atom is 0.256 e. The van der Waals surface area contributed by atoms with E-state index >= 15 is 0 Å². The van der Waals surface area contributed by atoms with Gasteiger partial charge in [0, 0.05) is 46.0 Å². The third kappa shape index (κ3) is 3.17. The number of nitrogens with zero attached hydrogens (tertiary/aromatic N) is 1. The van der Waals surface area contributed by atoms with Crippen LogP contribution in [0.15, 0.2) is 109 Å². The molecule has 0 fully saturated rings. The van der Waals surface area contributed by atoms with Crippen molar-refractivity contribution in [3.63, 3.8) is 0 Å². The quantitative estimate of drug-likeness (QED) is 0.220. The van der Waals surface area contributed by atoms with Gasteiger partial charge in [-0.1, -0.05) is 84.9 Å². The van der Waals surface area contributed by atoms with E-state index in [1.807, 2.05) is 30.3 Å². The summed E-state index contributed by atoms with van der Waals surface area (Å²) in [5.74, 6) is -0.0527. The second kappa shape index (κ2) is 7.71. The highest BCUT2D eigenvalue weighted by Crippen LogP contribution is 2.35. The zero-order chi connectivity index (χ0) is 23.4. The van der Waals surface area contributed by atoms with E-state index in [0.717, 1.165) is 34.3 Å². The monoisotopic (exact) mass is 450 g/mol. The SMILES string of the molecule is O=C1Nc2ccccc2/C1=C/c1cn(Cc2c3ccccc3cc3ccccc23)c2ccccc12. The van der Waals surface area contributed by atoms with E-state index in [1.54, 1.807) is 0 Å². The van der Waals surface area contributed by atoms with Crippen molar-refractivity contribution in [3.05, 3.63) is 126 Å². The lowest BCUT2D eigenvalue weighted by atomic mass is 9.96. The lowest BCUT2D eigenvalue weighted by Crippen LogP contribution is -2.03. The van der Waals surface area contributed by atoms with Gasteiger partial charge in [-0.15, -0.1) is 0 Å². The number of para-hydroxylation sites is 2. The molecule has 1 aliphatic heterocycles. The van der Waals surface area contributed by atoms with Crippen LogP contribution in [0.3, 0.4) is 0 Å². The van der Waals surface area contributed by atoms with E-state index < -0.39 is 0 Å². The number of hydrogen-bond donors (Lipinski definition) is 1. The van der Waals surface area contributed by atoms with Crippen LogP contribution in [-0.4, -0.2) is 10.5 Å². The second-order valence-corrected chi connectivity index (χ2v) is 9.08. The van der Waals surface area contributed by atoms with Gasteiger partial charge in [0.25, 0.3) is 5.91 Å². The normalized spacial score (nSPS) is 14.2. The first-order valence-corrected chi connectivity index (χ1v) is 11.9. The number of hydrogen-bond acceptors (Lipinski definition) is 1. The van der Waals surface area contributed by atoms with Gasteiger partial charge < -0.3 is 9.88 Å². The van der Waals surface area contributed by atoms with Crippen LogP contribution < -0.4 is 5.32 Å². The van der Waals surface area contributed by atoms with Crippen molar-refractivity contribution in [1.82, 2.24) is 4.57 Å². The Kier molecular flexibility index (Phi) is 4.36. The van der Waals surface area contributed by atoms with E-state index in [0.29, 0.717) is 5.57 Å². The van der Waals surface area contributed by atoms with Gasteiger partial charge in [0.2, 0.25) is 0 Å². The lowest BCUT2D eigenvalue weighted by molar-refractivity contribution is -0.110. The number of carbonyl (C=O) groups excluding carboxylic acids is 1. The van der Waals surface area contributed by atoms with Crippen molar-refractivity contribution in [2.45, 2.75) is 6.54 Å². The van der Waals surface area contributed by atoms with Crippen LogP contribution in [0.25, 0.3) is 44.1 Å². The predicted molar refractivity (Wildman–Crippen MR) is 145 cm³/mol. The molecule has 1 aromatic heterocycles. The molecule has 0 aliphatic carbocycles. The molecule has 0 spiro atoms. The van der Waals surface area contributed by atoms with Crippen molar-refractivity contribution < 1.29 is 4.79 Å². The Morgan fingerprint density at radius 1 is 0.714 bits per heavy atom. The van der Waals surface area contributed by atoms with Gasteiger partial charge >= 0.3 is 0 Å². The molecule has 7 rings (SSSR count). The third-order valence-corrected chi connectivity index (χ3v) is 7.04. The first-order chi connectivity index (χ1) is 17.3. The van der Waals surface area contributed by atoms with Crippen molar-refractivity contribution >= 4 is 55.7 Å². The Hall–Kier alpha value is -4.63. The molecule has 0 bridgehead atoms. The number of rotatable bonds is 3. The number of nitrogens with one attached hydrogen (secondary N) is 1. The number of aromatic nitrogens is 1. The van der Waals surface area contributed by atoms with E-state index in [2.05, 4.69) is 94.9 Å². The molecule has 1 amide bonds. The molecule has 35 heavy (non-hydrogen) atoms. The average molecular weight is 451 g/mol. The summed E-state index contributed by atoms with van der Waals surface area (Å²) in [7, 11) is 0. The van der Waals surface area contributed by atoms with Gasteiger partial charge in [0.05, 0.1) is 0 Å². The summed E-state index contributed by atoms with van der Waals surface area (Å²) in [6.07, 6.45) is 4.21. The molecule has 1 aliphatic rings. The number of amides is 1. The lowest BCUT2D eigenvalue weighted by Gasteiger charge is -2.13. The van der Waals surface area contributed by atoms with E-state index in [4.69, 9.17) is 0 Å². The standard InChI is InChI=1S/C32H22N2O/c35-32-28(27-14-5-7-15-30(27)33-32)18-23-19-34(31-16-8-6-13-26(23)31)20-29-24-11-3-1-9-21(24)17-22-10-2-4-12-25(22)29/h1-19H,20H2,(H,33,35)/b28-18-. The zero-order valence-corrected chi connectivity index (χ0v) is 19.0. The molecule has 166 valence electrons. The highest BCUT2D eigenvalue weighted by molar-refractivity contribution is 6.35. The molecule has 3 nitrogen and oxygen atoms in total. The topological polar surface area (TPSA) is 34.0 Å². The summed E-state index contributed by atoms with van der Waals surface area (Å²) in [6.45, 7) is 0.744. The van der Waals surface area contributed by atoms with Gasteiger partial charge in [-0.3, -0.25) is 4.79 Å². The second-order valence-electron chi connectivity index (χ2n) is 9.08. The smallest absolute Gasteiger partial charge is 0.256 e. The van der Waals surface area contributed by atoms with E-state index in [-0.39, 0.29) is 5.91 Å². The molecule has 0 saturated carbocycles. The summed E-state index contributed by atoms with van der Waals surface area (Å²) in [5, 5.41) is 9.17. The summed E-state index contributed by atoms with van der Waals surface area (Å²) in [6, 6.07) is 35.8. The van der Waals surface area contributed by atoms with Crippen LogP contribution in [-0.2, 0) is 11.3 Å². The minimum atomic E-state index is -0.0527. The number of carbonyl (C=O) groups is 1. The summed E-state index contributed by atoms with van der Waals surface area (Å²) < 4.78 is 2.31. The Morgan fingerprint density at radius 2 is 1.34 bits per heavy atom. The Balaban J connectivity index is 1.43. The van der Waals surface area contributed by atoms with Gasteiger partial charge in [-0.2, -0.15) is 0 Å². The maximum absolute atomic E-state index is 12.8. The Bertz CT molecular complexity index is 1770. The van der Waals surface area contributed by atoms with E-state index in [9.17, 15) is 4.79 Å². The minimum absolute atomic E-state index is 0.0527. The summed E-state index contributed by atoms with van der Waals surface area (Å²) in [5.41, 5.74) is 6.04. The molecule has 0 atom stereocenters. The van der Waals surface area contributed by atoms with Crippen molar-refractivity contribution in [2.75, 3.05) is 5.32 Å². The summed E-state index contributed by atoms with van der Waals surface area (Å²) in [4.78, 5) is 12.8. The van der Waals surface area contributed by atoms with Gasteiger partial charge in [-0.25, -0.2) is 0 Å². The van der Waals surface area contributed by atoms with Crippen molar-refractivity contribution in [2.24, 2.45) is 0 Å². The highest BCUT2D eigenvalue weighted by atomic mass is 16.2. The molecular weight excluding hydrogens is 428 g/mol. The first kappa shape index (κ1) is 19.8. The van der Waals surface area contributed by atoms with Crippen LogP contribution in [0.4, 0.5) is 5.69 Å². The van der Waals surface area contributed by atoms with Gasteiger partial charge in [0.1, 0.15) is 0 Å². The zero-order valence-electron chi connectivity index (χ0n) is 19.0. The molecule has 5 aromatic carbocycles. The molecule has 1 N–H and O–H groups in total. The van der Waals surface area contributed by atoms with Crippen LogP contribution in [0, 0.1) is 0 Å². The van der Waals surface area contributed by atoms with Crippen LogP contribution >= 0.6 is 0 Å². The predicted octanol–water partition coefficient (Wildman–Crippen LogP) is 7.49. The molecule has 2 heterocycles. The third-order valence-electron chi connectivity index (χ3n) is 7.04. The number of fused-ring (bicyclic) bond motifs is 4. The fourth-order valence-electron chi connectivity index (χ4n) is 5.41. The van der Waals surface area contributed by atoms with Gasteiger partial charge in [-0.05, 0) is 51.4 Å². The van der Waals surface area contributed by atoms with Crippen molar-refractivity contribution in [3.8, 4) is 0 Å². The number of benzene rings is 5. The first-order valence-electron chi connectivity index (χ1n) is 11.9. The number of anilines is 1. The van der Waals surface area contributed by atoms with Crippen molar-refractivity contribution in [1.29, 1.82) is 0 Å². The Labute approximate surface area is 202 Å². The molecule has 0 radical (unpaired) electrons. The maximum atomic E-state index is 12.8. The molecule has 3 heteroatoms. The Morgan fingerprint density at radius 3 is 2.11 bits per heavy atom. The fraction of sp³-hybridized carbons (Fsp3) is 0.0312. The summed E-state index contributed by atoms with van der Waals surface area (Å²) >= 11 is 0. The average Bonchev–Trinajstić information content (AvgIpc) is 3.41.